The molecule has 7 heteroatoms. The van der Waals surface area contributed by atoms with Crippen molar-refractivity contribution in [2.45, 2.75) is 27.2 Å². The van der Waals surface area contributed by atoms with Crippen LogP contribution in [0.4, 0.5) is 5.69 Å². The zero-order valence-electron chi connectivity index (χ0n) is 14.6. The van der Waals surface area contributed by atoms with Gasteiger partial charge in [-0.2, -0.15) is 0 Å². The molecule has 1 aromatic rings. The predicted molar refractivity (Wildman–Crippen MR) is 99.9 cm³/mol. The third kappa shape index (κ3) is 8.17. The van der Waals surface area contributed by atoms with E-state index in [1.165, 1.54) is 0 Å². The van der Waals surface area contributed by atoms with E-state index in [1.807, 2.05) is 39.0 Å². The smallest absolute Gasteiger partial charge is 0.226 e. The van der Waals surface area contributed by atoms with Gasteiger partial charge >= 0.3 is 0 Å². The zero-order chi connectivity index (χ0) is 17.8. The number of carbonyl (C=O) groups excluding carboxylic acids is 1. The van der Waals surface area contributed by atoms with Crippen LogP contribution in [0.3, 0.4) is 0 Å². The number of ether oxygens (including phenoxy) is 1. The summed E-state index contributed by atoms with van der Waals surface area (Å²) < 4.78 is 5.25. The Bertz CT molecular complexity index is 549. The first-order valence-electron chi connectivity index (χ1n) is 8.22. The summed E-state index contributed by atoms with van der Waals surface area (Å²) >= 11 is 6.11. The number of hydrogen-bond donors (Lipinski definition) is 3. The molecule has 0 unspecified atom stereocenters. The van der Waals surface area contributed by atoms with E-state index < -0.39 is 0 Å². The van der Waals surface area contributed by atoms with Crippen molar-refractivity contribution in [3.05, 3.63) is 28.8 Å². The van der Waals surface area contributed by atoms with E-state index in [9.17, 15) is 4.79 Å². The Balaban J connectivity index is 2.38. The minimum absolute atomic E-state index is 0.0987. The molecule has 0 spiro atoms. The fraction of sp³-hybridized carbons (Fsp3) is 0.529. The van der Waals surface area contributed by atoms with Crippen LogP contribution in [0.1, 0.15) is 25.8 Å². The molecule has 1 amide bonds. The van der Waals surface area contributed by atoms with E-state index in [4.69, 9.17) is 16.3 Å². The largest absolute Gasteiger partial charge is 0.380 e. The van der Waals surface area contributed by atoms with Crippen molar-refractivity contribution in [1.29, 1.82) is 0 Å². The van der Waals surface area contributed by atoms with Gasteiger partial charge in [0.15, 0.2) is 5.96 Å². The van der Waals surface area contributed by atoms with Crippen molar-refractivity contribution in [2.24, 2.45) is 4.99 Å². The Hall–Kier alpha value is -1.79. The van der Waals surface area contributed by atoms with Crippen LogP contribution in [-0.2, 0) is 9.53 Å². The molecule has 6 nitrogen and oxygen atoms in total. The highest BCUT2D eigenvalue weighted by Crippen LogP contribution is 2.22. The van der Waals surface area contributed by atoms with Crippen LogP contribution in [0.15, 0.2) is 23.2 Å². The van der Waals surface area contributed by atoms with E-state index in [2.05, 4.69) is 20.9 Å². The van der Waals surface area contributed by atoms with Gasteiger partial charge in [-0.15, -0.1) is 0 Å². The molecule has 0 saturated heterocycles. The normalized spacial score (nSPS) is 11.2. The summed E-state index contributed by atoms with van der Waals surface area (Å²) in [4.78, 5) is 16.4. The molecule has 0 aromatic heterocycles. The van der Waals surface area contributed by atoms with Crippen molar-refractivity contribution in [3.63, 3.8) is 0 Å². The molecule has 134 valence electrons. The monoisotopic (exact) mass is 354 g/mol. The number of guanidine groups is 1. The fourth-order valence-electron chi connectivity index (χ4n) is 1.94. The Labute approximate surface area is 149 Å². The first kappa shape index (κ1) is 20.3. The number of benzene rings is 1. The highest BCUT2D eigenvalue weighted by molar-refractivity contribution is 6.33. The summed E-state index contributed by atoms with van der Waals surface area (Å²) in [5.41, 5.74) is 1.68. The third-order valence-corrected chi connectivity index (χ3v) is 3.41. The lowest BCUT2D eigenvalue weighted by Gasteiger charge is -2.12. The second kappa shape index (κ2) is 11.7. The Kier molecular flexibility index (Phi) is 9.88. The van der Waals surface area contributed by atoms with Gasteiger partial charge in [0.1, 0.15) is 0 Å². The topological polar surface area (TPSA) is 74.8 Å². The molecule has 1 aromatic carbocycles. The molecule has 0 aliphatic rings. The second-order valence-corrected chi connectivity index (χ2v) is 5.57. The number of aliphatic imine (C=N–C) groups is 1. The van der Waals surface area contributed by atoms with E-state index in [-0.39, 0.29) is 5.91 Å². The number of halogens is 1. The molecule has 0 atom stereocenters. The van der Waals surface area contributed by atoms with Crippen LogP contribution in [0.2, 0.25) is 5.02 Å². The molecular formula is C17H27ClN4O2. The molecule has 0 radical (unpaired) electrons. The van der Waals surface area contributed by atoms with Gasteiger partial charge < -0.3 is 20.7 Å². The third-order valence-electron chi connectivity index (χ3n) is 3.10. The van der Waals surface area contributed by atoms with Gasteiger partial charge in [0.25, 0.3) is 0 Å². The van der Waals surface area contributed by atoms with Crippen LogP contribution in [-0.4, -0.2) is 44.7 Å². The molecule has 24 heavy (non-hydrogen) atoms. The van der Waals surface area contributed by atoms with Crippen molar-refractivity contribution in [1.82, 2.24) is 10.6 Å². The van der Waals surface area contributed by atoms with Crippen LogP contribution in [0.5, 0.6) is 0 Å². The van der Waals surface area contributed by atoms with Crippen LogP contribution in [0.25, 0.3) is 0 Å². The number of nitrogens with one attached hydrogen (secondary N) is 3. The van der Waals surface area contributed by atoms with E-state index in [0.29, 0.717) is 49.4 Å². The highest BCUT2D eigenvalue weighted by atomic mass is 35.5. The number of amides is 1. The highest BCUT2D eigenvalue weighted by Gasteiger charge is 2.06. The lowest BCUT2D eigenvalue weighted by atomic mass is 10.2. The molecule has 1 rings (SSSR count). The van der Waals surface area contributed by atoms with E-state index in [1.54, 1.807) is 0 Å². The van der Waals surface area contributed by atoms with Gasteiger partial charge in [-0.3, -0.25) is 9.79 Å². The maximum absolute atomic E-state index is 12.0. The Morgan fingerprint density at radius 1 is 1.29 bits per heavy atom. The Morgan fingerprint density at radius 2 is 2.08 bits per heavy atom. The predicted octanol–water partition coefficient (Wildman–Crippen LogP) is 2.57. The summed E-state index contributed by atoms with van der Waals surface area (Å²) in [6, 6.07) is 5.54. The van der Waals surface area contributed by atoms with Crippen molar-refractivity contribution < 1.29 is 9.53 Å². The summed E-state index contributed by atoms with van der Waals surface area (Å²) in [6.07, 6.45) is 0.320. The molecule has 0 bridgehead atoms. The lowest BCUT2D eigenvalue weighted by Crippen LogP contribution is -2.39. The van der Waals surface area contributed by atoms with Gasteiger partial charge in [0, 0.05) is 26.1 Å². The molecular weight excluding hydrogens is 328 g/mol. The van der Waals surface area contributed by atoms with Gasteiger partial charge in [-0.25, -0.2) is 0 Å². The van der Waals surface area contributed by atoms with Crippen LogP contribution >= 0.6 is 11.6 Å². The maximum Gasteiger partial charge on any atom is 0.226 e. The summed E-state index contributed by atoms with van der Waals surface area (Å²) in [7, 11) is 0. The van der Waals surface area contributed by atoms with Gasteiger partial charge in [-0.05, 0) is 38.5 Å². The summed E-state index contributed by atoms with van der Waals surface area (Å²) in [5.74, 6) is 0.580. The number of hydrogen-bond acceptors (Lipinski definition) is 3. The van der Waals surface area contributed by atoms with Crippen molar-refractivity contribution >= 4 is 29.2 Å². The first-order chi connectivity index (χ1) is 11.6. The standard InChI is InChI=1S/C17H27ClN4O2/c1-4-19-17(21-10-11-24-5-2)20-9-8-16(23)22-15-7-6-13(3)12-14(15)18/h6-7,12H,4-5,8-11H2,1-3H3,(H,22,23)(H2,19,20,21). The van der Waals surface area contributed by atoms with Crippen LogP contribution in [0, 0.1) is 6.92 Å². The minimum atomic E-state index is -0.0987. The van der Waals surface area contributed by atoms with Gasteiger partial charge in [0.2, 0.25) is 5.91 Å². The molecule has 0 aliphatic heterocycles. The quantitative estimate of drug-likeness (QED) is 0.362. The van der Waals surface area contributed by atoms with Crippen molar-refractivity contribution in [2.75, 3.05) is 38.2 Å². The second-order valence-electron chi connectivity index (χ2n) is 5.17. The average Bonchev–Trinajstić information content (AvgIpc) is 2.54. The number of nitrogens with zero attached hydrogens (tertiary/aromatic N) is 1. The molecule has 0 aliphatic carbocycles. The fourth-order valence-corrected chi connectivity index (χ4v) is 2.22. The maximum atomic E-state index is 12.0. The number of carbonyl (C=O) groups is 1. The SMILES string of the molecule is CCNC(=NCCOCC)NCCC(=O)Nc1ccc(C)cc1Cl. The van der Waals surface area contributed by atoms with Gasteiger partial charge in [-0.1, -0.05) is 17.7 Å². The van der Waals surface area contributed by atoms with Gasteiger partial charge in [0.05, 0.1) is 23.9 Å². The van der Waals surface area contributed by atoms with Crippen molar-refractivity contribution in [3.8, 4) is 0 Å². The number of aryl methyl sites for hydroxylation is 1. The first-order valence-corrected chi connectivity index (χ1v) is 8.60. The number of rotatable bonds is 9. The van der Waals surface area contributed by atoms with Crippen LogP contribution < -0.4 is 16.0 Å². The lowest BCUT2D eigenvalue weighted by molar-refractivity contribution is -0.116. The van der Waals surface area contributed by atoms with E-state index >= 15 is 0 Å². The Morgan fingerprint density at radius 3 is 2.75 bits per heavy atom. The minimum Gasteiger partial charge on any atom is -0.380 e. The average molecular weight is 355 g/mol. The molecule has 0 heterocycles. The summed E-state index contributed by atoms with van der Waals surface area (Å²) in [5, 5.41) is 9.61. The molecule has 0 fully saturated rings. The molecule has 0 saturated carbocycles. The molecule has 3 N–H and O–H groups in total. The summed E-state index contributed by atoms with van der Waals surface area (Å²) in [6.45, 7) is 8.98. The number of anilines is 1. The van der Waals surface area contributed by atoms with E-state index in [0.717, 1.165) is 12.1 Å². The zero-order valence-corrected chi connectivity index (χ0v) is 15.4.